The molecule has 1 amide bonds. The van der Waals surface area contributed by atoms with E-state index >= 15 is 0 Å². The van der Waals surface area contributed by atoms with Crippen LogP contribution in [0.3, 0.4) is 0 Å². The number of aromatic carboxylic acids is 1. The van der Waals surface area contributed by atoms with E-state index in [1.54, 1.807) is 0 Å². The number of benzene rings is 1. The van der Waals surface area contributed by atoms with Crippen molar-refractivity contribution in [1.29, 1.82) is 0 Å². The molecule has 0 radical (unpaired) electrons. The molecule has 5 aliphatic carbocycles. The van der Waals surface area contributed by atoms with Crippen LogP contribution in [0.25, 0.3) is 0 Å². The fourth-order valence-electron chi connectivity index (χ4n) is 13.8. The topological polar surface area (TPSA) is 78.4 Å². The van der Waals surface area contributed by atoms with Crippen LogP contribution in [-0.4, -0.2) is 35.1 Å². The first-order valence-corrected chi connectivity index (χ1v) is 18.9. The lowest BCUT2D eigenvalue weighted by atomic mass is 9.32. The van der Waals surface area contributed by atoms with Crippen molar-refractivity contribution in [3.05, 3.63) is 35.4 Å². The fraction of sp³-hybridized carbons (Fsp3) is 0.805. The predicted octanol–water partition coefficient (Wildman–Crippen LogP) is 9.07. The molecule has 0 aliphatic heterocycles. The summed E-state index contributed by atoms with van der Waals surface area (Å²) in [5, 5.41) is 16.6. The van der Waals surface area contributed by atoms with E-state index in [1.165, 1.54) is 69.8 Å². The first kappa shape index (κ1) is 34.0. The molecule has 3 N–H and O–H groups in total. The second-order valence-corrected chi connectivity index (χ2v) is 18.7. The summed E-state index contributed by atoms with van der Waals surface area (Å²) >= 11 is 0. The molecule has 1 aromatic rings. The van der Waals surface area contributed by atoms with Gasteiger partial charge in [0.25, 0.3) is 0 Å². The number of rotatable bonds is 7. The minimum absolute atomic E-state index is 0.0912. The standard InChI is InChI=1S/C41H64N2O3/c1-25(2)29-16-21-41(42-24-34(44)43-26(3)4)23-22-39(8)31(35(29)41)14-15-33-38(7)19-17-30(27-10-12-28(13-11-27)36(45)46)37(5,6)32(38)18-20-40(33,39)9/h10-13,25-26,29-33,35,42H,14-24H2,1-9H3,(H,43,44)(H,45,46)/t29-,30+,31+,32-,33+,35+,38-,39+,40+,41-/m0/s1. The summed E-state index contributed by atoms with van der Waals surface area (Å²) in [7, 11) is 0. The van der Waals surface area contributed by atoms with Crippen molar-refractivity contribution in [2.45, 2.75) is 144 Å². The third-order valence-corrected chi connectivity index (χ3v) is 16.0. The molecule has 0 spiro atoms. The van der Waals surface area contributed by atoms with Crippen molar-refractivity contribution in [3.63, 3.8) is 0 Å². The van der Waals surface area contributed by atoms with E-state index < -0.39 is 5.97 Å². The molecule has 5 nitrogen and oxygen atoms in total. The summed E-state index contributed by atoms with van der Waals surface area (Å²) in [6.45, 7) is 22.6. The van der Waals surface area contributed by atoms with E-state index in [-0.39, 0.29) is 22.9 Å². The number of carbonyl (C=O) groups excluding carboxylic acids is 1. The minimum atomic E-state index is -0.845. The Kier molecular flexibility index (Phi) is 8.59. The number of amides is 1. The number of nitrogens with one attached hydrogen (secondary N) is 2. The van der Waals surface area contributed by atoms with E-state index in [0.29, 0.717) is 57.9 Å². The molecule has 5 fully saturated rings. The van der Waals surface area contributed by atoms with Crippen molar-refractivity contribution in [2.75, 3.05) is 6.54 Å². The lowest BCUT2D eigenvalue weighted by Crippen LogP contribution is -2.68. The molecule has 1 aromatic carbocycles. The quantitative estimate of drug-likeness (QED) is 0.280. The number of hydrogen-bond donors (Lipinski definition) is 3. The largest absolute Gasteiger partial charge is 0.478 e. The number of carboxylic acid groups (broad SMARTS) is 1. The van der Waals surface area contributed by atoms with Crippen molar-refractivity contribution in [3.8, 4) is 0 Å². The lowest BCUT2D eigenvalue weighted by Gasteiger charge is -2.73. The Balaban J connectivity index is 1.28. The number of fused-ring (bicyclic) bond motifs is 7. The highest BCUT2D eigenvalue weighted by molar-refractivity contribution is 5.87. The van der Waals surface area contributed by atoms with Gasteiger partial charge in [-0.1, -0.05) is 60.6 Å². The summed E-state index contributed by atoms with van der Waals surface area (Å²) in [5.41, 5.74) is 2.90. The van der Waals surface area contributed by atoms with E-state index in [9.17, 15) is 14.7 Å². The highest BCUT2D eigenvalue weighted by Gasteiger charge is 2.71. The molecule has 0 saturated heterocycles. The summed E-state index contributed by atoms with van der Waals surface area (Å²) in [4.78, 5) is 24.4. The molecular weight excluding hydrogens is 568 g/mol. The van der Waals surface area contributed by atoms with Crippen LogP contribution < -0.4 is 10.6 Å². The Morgan fingerprint density at radius 2 is 1.50 bits per heavy atom. The summed E-state index contributed by atoms with van der Waals surface area (Å²) in [5.74, 6) is 3.88. The number of carboxylic acids is 1. The maximum absolute atomic E-state index is 12.9. The van der Waals surface area contributed by atoms with Crippen LogP contribution in [0.5, 0.6) is 0 Å². The van der Waals surface area contributed by atoms with Crippen LogP contribution in [0.2, 0.25) is 0 Å². The Labute approximate surface area is 279 Å². The van der Waals surface area contributed by atoms with Crippen LogP contribution in [0.15, 0.2) is 24.3 Å². The van der Waals surface area contributed by atoms with Crippen molar-refractivity contribution < 1.29 is 14.7 Å². The molecule has 5 heteroatoms. The third-order valence-electron chi connectivity index (χ3n) is 16.0. The molecule has 5 aliphatic rings. The van der Waals surface area contributed by atoms with E-state index in [0.717, 1.165) is 11.8 Å². The van der Waals surface area contributed by atoms with Crippen LogP contribution >= 0.6 is 0 Å². The van der Waals surface area contributed by atoms with Gasteiger partial charge in [-0.05, 0) is 159 Å². The summed E-state index contributed by atoms with van der Waals surface area (Å²) in [6, 6.07) is 7.99. The Morgan fingerprint density at radius 3 is 2.13 bits per heavy atom. The molecular formula is C41H64N2O3. The van der Waals surface area contributed by atoms with Gasteiger partial charge in [-0.15, -0.1) is 0 Å². The zero-order valence-electron chi connectivity index (χ0n) is 30.5. The number of carbonyl (C=O) groups is 2. The number of hydrogen-bond acceptors (Lipinski definition) is 3. The molecule has 5 saturated carbocycles. The van der Waals surface area contributed by atoms with Crippen molar-refractivity contribution in [1.82, 2.24) is 10.6 Å². The fourth-order valence-corrected chi connectivity index (χ4v) is 13.8. The van der Waals surface area contributed by atoms with Crippen LogP contribution in [-0.2, 0) is 4.79 Å². The zero-order valence-corrected chi connectivity index (χ0v) is 30.5. The monoisotopic (exact) mass is 632 g/mol. The molecule has 10 atom stereocenters. The average molecular weight is 633 g/mol. The molecule has 46 heavy (non-hydrogen) atoms. The van der Waals surface area contributed by atoms with Gasteiger partial charge >= 0.3 is 5.97 Å². The molecule has 0 bridgehead atoms. The zero-order chi connectivity index (χ0) is 33.4. The average Bonchev–Trinajstić information content (AvgIpc) is 3.36. The maximum Gasteiger partial charge on any atom is 0.335 e. The molecule has 0 unspecified atom stereocenters. The molecule has 256 valence electrons. The van der Waals surface area contributed by atoms with Gasteiger partial charge in [-0.3, -0.25) is 4.79 Å². The van der Waals surface area contributed by atoms with Gasteiger partial charge < -0.3 is 15.7 Å². The van der Waals surface area contributed by atoms with E-state index in [4.69, 9.17) is 0 Å². The second-order valence-electron chi connectivity index (χ2n) is 18.7. The van der Waals surface area contributed by atoms with Gasteiger partial charge in [-0.25, -0.2) is 4.79 Å². The third kappa shape index (κ3) is 5.02. The minimum Gasteiger partial charge on any atom is -0.478 e. The maximum atomic E-state index is 12.9. The predicted molar refractivity (Wildman–Crippen MR) is 187 cm³/mol. The van der Waals surface area contributed by atoms with Crippen LogP contribution in [0.1, 0.15) is 148 Å². The smallest absolute Gasteiger partial charge is 0.335 e. The van der Waals surface area contributed by atoms with Gasteiger partial charge in [0.2, 0.25) is 5.91 Å². The first-order chi connectivity index (χ1) is 21.5. The first-order valence-electron chi connectivity index (χ1n) is 18.9. The van der Waals surface area contributed by atoms with Crippen LogP contribution in [0.4, 0.5) is 0 Å². The highest BCUT2D eigenvalue weighted by atomic mass is 16.4. The molecule has 0 aromatic heterocycles. The molecule has 0 heterocycles. The summed E-state index contributed by atoms with van der Waals surface area (Å²) < 4.78 is 0. The van der Waals surface area contributed by atoms with Gasteiger partial charge in [0.1, 0.15) is 0 Å². The van der Waals surface area contributed by atoms with Crippen LogP contribution in [0, 0.1) is 57.2 Å². The normalized spacial score (nSPS) is 42.9. The van der Waals surface area contributed by atoms with Crippen molar-refractivity contribution >= 4 is 11.9 Å². The Hall–Kier alpha value is -1.88. The van der Waals surface area contributed by atoms with Crippen molar-refractivity contribution in [2.24, 2.45) is 57.2 Å². The Bertz CT molecular complexity index is 1320. The lowest BCUT2D eigenvalue weighted by molar-refractivity contribution is -0.235. The van der Waals surface area contributed by atoms with Gasteiger partial charge in [0, 0.05) is 11.6 Å². The van der Waals surface area contributed by atoms with E-state index in [2.05, 4.69) is 85.1 Å². The summed E-state index contributed by atoms with van der Waals surface area (Å²) in [6.07, 6.45) is 12.7. The van der Waals surface area contributed by atoms with Gasteiger partial charge in [0.15, 0.2) is 0 Å². The Morgan fingerprint density at radius 1 is 0.804 bits per heavy atom. The molecule has 6 rings (SSSR count). The SMILES string of the molecule is CC(C)NC(=O)CN[C@]12CC[C@@H](C(C)C)[C@@H]1[C@H]1CC[C@@H]3[C@@]4(C)CC[C@H](c5ccc(C(=O)O)cc5)C(C)(C)[C@@H]4CC[C@@]3(C)[C@]1(C)CC2. The van der Waals surface area contributed by atoms with E-state index in [1.807, 2.05) is 12.1 Å². The highest BCUT2D eigenvalue weighted by Crippen LogP contribution is 2.77. The second kappa shape index (κ2) is 11.6. The van der Waals surface area contributed by atoms with Gasteiger partial charge in [0.05, 0.1) is 12.1 Å². The van der Waals surface area contributed by atoms with Gasteiger partial charge in [-0.2, -0.15) is 0 Å².